The van der Waals surface area contributed by atoms with Gasteiger partial charge in [-0.15, -0.1) is 0 Å². The number of hydrogen-bond donors (Lipinski definition) is 1. The monoisotopic (exact) mass is 474 g/mol. The zero-order valence-corrected chi connectivity index (χ0v) is 20.4. The van der Waals surface area contributed by atoms with Gasteiger partial charge in [-0.25, -0.2) is 14.4 Å². The van der Waals surface area contributed by atoms with Crippen molar-refractivity contribution in [1.29, 1.82) is 0 Å². The van der Waals surface area contributed by atoms with Crippen LogP contribution in [0.2, 0.25) is 0 Å². The van der Waals surface area contributed by atoms with E-state index >= 15 is 0 Å². The molecule has 1 amide bonds. The van der Waals surface area contributed by atoms with Crippen LogP contribution < -0.4 is 5.32 Å². The molecule has 0 saturated heterocycles. The van der Waals surface area contributed by atoms with Crippen molar-refractivity contribution in [3.05, 3.63) is 89.6 Å². The van der Waals surface area contributed by atoms with Crippen molar-refractivity contribution in [3.8, 4) is 11.3 Å². The first kappa shape index (κ1) is 24.4. The quantitative estimate of drug-likeness (QED) is 0.533. The van der Waals surface area contributed by atoms with E-state index in [1.807, 2.05) is 38.2 Å². The zero-order chi connectivity index (χ0) is 24.8. The minimum atomic E-state index is -0.440. The van der Waals surface area contributed by atoms with Gasteiger partial charge in [0.1, 0.15) is 11.6 Å². The molecule has 7 heteroatoms. The van der Waals surface area contributed by atoms with Crippen LogP contribution in [0.15, 0.2) is 78.3 Å². The Morgan fingerprint density at radius 3 is 2.83 bits per heavy atom. The van der Waals surface area contributed by atoms with Gasteiger partial charge in [0.2, 0.25) is 5.95 Å². The Morgan fingerprint density at radius 2 is 2.11 bits per heavy atom. The Bertz CT molecular complexity index is 1200. The molecule has 1 aromatic heterocycles. The molecule has 2 aromatic rings. The number of rotatable bonds is 8. The van der Waals surface area contributed by atoms with E-state index in [4.69, 9.17) is 4.74 Å². The Kier molecular flexibility index (Phi) is 7.75. The summed E-state index contributed by atoms with van der Waals surface area (Å²) in [4.78, 5) is 24.6. The first-order valence-electron chi connectivity index (χ1n) is 11.9. The summed E-state index contributed by atoms with van der Waals surface area (Å²) < 4.78 is 20.2. The number of nitrogens with zero attached hydrogens (tertiary/aromatic N) is 3. The van der Waals surface area contributed by atoms with Gasteiger partial charge in [-0.1, -0.05) is 42.0 Å². The first-order valence-corrected chi connectivity index (χ1v) is 11.9. The Hall–Kier alpha value is -3.74. The van der Waals surface area contributed by atoms with Crippen molar-refractivity contribution >= 4 is 11.9 Å². The summed E-state index contributed by atoms with van der Waals surface area (Å²) in [5.74, 6) is 0.407. The van der Waals surface area contributed by atoms with Crippen LogP contribution in [-0.2, 0) is 4.74 Å². The number of nitrogens with one attached hydrogen (secondary N) is 1. The molecule has 2 aliphatic rings. The predicted molar refractivity (Wildman–Crippen MR) is 136 cm³/mol. The molecule has 0 aliphatic heterocycles. The normalized spacial score (nSPS) is 17.1. The number of benzene rings is 1. The lowest BCUT2D eigenvalue weighted by Crippen LogP contribution is -2.39. The van der Waals surface area contributed by atoms with Crippen molar-refractivity contribution in [2.75, 3.05) is 19.0 Å². The Labute approximate surface area is 205 Å². The van der Waals surface area contributed by atoms with E-state index < -0.39 is 5.82 Å². The number of allylic oxidation sites excluding steroid dienone is 4. The fraction of sp³-hybridized carbons (Fsp3) is 0.321. The number of hydrogen-bond acceptors (Lipinski definition) is 5. The fourth-order valence-electron chi connectivity index (χ4n) is 4.17. The van der Waals surface area contributed by atoms with Gasteiger partial charge in [-0.2, -0.15) is 0 Å². The van der Waals surface area contributed by atoms with Crippen LogP contribution >= 0.6 is 0 Å². The number of anilines is 1. The Balaban J connectivity index is 1.70. The van der Waals surface area contributed by atoms with Gasteiger partial charge in [0.25, 0.3) is 5.91 Å². The molecule has 2 aliphatic carbocycles. The minimum absolute atomic E-state index is 0.0489. The average molecular weight is 475 g/mol. The molecule has 1 unspecified atom stereocenters. The number of amides is 1. The minimum Gasteiger partial charge on any atom is -0.497 e. The molecule has 35 heavy (non-hydrogen) atoms. The summed E-state index contributed by atoms with van der Waals surface area (Å²) in [6.45, 7) is 4.47. The maximum absolute atomic E-state index is 14.9. The molecule has 0 saturated carbocycles. The first-order chi connectivity index (χ1) is 17.0. The molecule has 1 N–H and O–H groups in total. The summed E-state index contributed by atoms with van der Waals surface area (Å²) in [6.07, 6.45) is 16.2. The molecule has 0 bridgehead atoms. The highest BCUT2D eigenvalue weighted by molar-refractivity contribution is 6.00. The lowest BCUT2D eigenvalue weighted by molar-refractivity contribution is 0.0722. The van der Waals surface area contributed by atoms with Crippen LogP contribution in [0.1, 0.15) is 43.5 Å². The lowest BCUT2D eigenvalue weighted by Gasteiger charge is -2.29. The highest BCUT2D eigenvalue weighted by Crippen LogP contribution is 2.28. The van der Waals surface area contributed by atoms with Crippen molar-refractivity contribution in [2.45, 2.75) is 45.2 Å². The van der Waals surface area contributed by atoms with Crippen molar-refractivity contribution in [2.24, 2.45) is 0 Å². The van der Waals surface area contributed by atoms with E-state index in [1.165, 1.54) is 17.8 Å². The van der Waals surface area contributed by atoms with Crippen LogP contribution in [0.5, 0.6) is 0 Å². The molecule has 0 radical (unpaired) electrons. The van der Waals surface area contributed by atoms with Crippen molar-refractivity contribution < 1.29 is 13.9 Å². The van der Waals surface area contributed by atoms with Crippen LogP contribution in [-0.4, -0.2) is 46.5 Å². The maximum atomic E-state index is 14.9. The number of aromatic nitrogens is 2. The molecule has 1 heterocycles. The van der Waals surface area contributed by atoms with Gasteiger partial charge >= 0.3 is 0 Å². The summed E-state index contributed by atoms with van der Waals surface area (Å²) >= 11 is 0. The molecule has 6 nitrogen and oxygen atoms in total. The lowest BCUT2D eigenvalue weighted by atomic mass is 10.0. The highest BCUT2D eigenvalue weighted by Gasteiger charge is 2.26. The van der Waals surface area contributed by atoms with Crippen LogP contribution in [0.25, 0.3) is 11.3 Å². The van der Waals surface area contributed by atoms with Gasteiger partial charge in [0.15, 0.2) is 0 Å². The van der Waals surface area contributed by atoms with Crippen LogP contribution in [0, 0.1) is 5.82 Å². The van der Waals surface area contributed by atoms with Gasteiger partial charge in [0, 0.05) is 24.3 Å². The molecule has 0 spiro atoms. The topological polar surface area (TPSA) is 67.3 Å². The summed E-state index contributed by atoms with van der Waals surface area (Å²) in [5, 5.41) is 3.26. The molecular formula is C28H31FN4O2. The fourth-order valence-corrected chi connectivity index (χ4v) is 4.17. The van der Waals surface area contributed by atoms with E-state index in [1.54, 1.807) is 30.2 Å². The van der Waals surface area contributed by atoms with Crippen LogP contribution in [0.3, 0.4) is 0 Å². The molecule has 182 valence electrons. The van der Waals surface area contributed by atoms with Crippen molar-refractivity contribution in [3.63, 3.8) is 0 Å². The van der Waals surface area contributed by atoms with E-state index in [-0.39, 0.29) is 34.8 Å². The summed E-state index contributed by atoms with van der Waals surface area (Å²) in [7, 11) is 1.62. The number of carbonyl (C=O) groups excluding carboxylic acids is 1. The smallest absolute Gasteiger partial charge is 0.258 e. The molecular weight excluding hydrogens is 443 g/mol. The molecule has 1 atom stereocenters. The third-order valence-corrected chi connectivity index (χ3v) is 6.09. The number of ether oxygens (including phenoxy) is 1. The van der Waals surface area contributed by atoms with Gasteiger partial charge in [0.05, 0.1) is 24.4 Å². The van der Waals surface area contributed by atoms with Gasteiger partial charge in [-0.05, 0) is 57.4 Å². The second-order valence-corrected chi connectivity index (χ2v) is 8.92. The third kappa shape index (κ3) is 5.85. The number of methoxy groups -OCH3 is 1. The second kappa shape index (κ2) is 11.1. The second-order valence-electron chi connectivity index (χ2n) is 8.92. The average Bonchev–Trinajstić information content (AvgIpc) is 2.88. The van der Waals surface area contributed by atoms with Gasteiger partial charge < -0.3 is 15.0 Å². The molecule has 0 fully saturated rings. The maximum Gasteiger partial charge on any atom is 0.258 e. The summed E-state index contributed by atoms with van der Waals surface area (Å²) in [6, 6.07) is 6.24. The number of halogens is 1. The zero-order valence-electron chi connectivity index (χ0n) is 20.4. The largest absolute Gasteiger partial charge is 0.497 e. The van der Waals surface area contributed by atoms with Crippen LogP contribution in [0.4, 0.5) is 10.3 Å². The Morgan fingerprint density at radius 1 is 1.29 bits per heavy atom. The van der Waals surface area contributed by atoms with Crippen molar-refractivity contribution in [1.82, 2.24) is 14.9 Å². The number of carbonyl (C=O) groups is 1. The SMILES string of the molecule is COC1=CC(Nc2ncc(C(=O)N(CC3=CC=CCC3)C(C)C)c(-c3ccccc3F)n2)CC=C1. The van der Waals surface area contributed by atoms with E-state index in [0.29, 0.717) is 12.5 Å². The predicted octanol–water partition coefficient (Wildman–Crippen LogP) is 5.68. The standard InChI is InChI=1S/C28H31FN4O2/c1-19(2)33(18-20-10-5-4-6-11-20)27(34)24-17-30-28(31-21-12-9-13-22(16-21)35-3)32-26(24)23-14-7-8-15-25(23)29/h4-5,7-10,13-17,19,21H,6,11-12,18H2,1-3H3,(H,30,31,32). The third-order valence-electron chi connectivity index (χ3n) is 6.09. The molecule has 4 rings (SSSR count). The van der Waals surface area contributed by atoms with E-state index in [9.17, 15) is 9.18 Å². The summed E-state index contributed by atoms with van der Waals surface area (Å²) in [5.41, 5.74) is 2.00. The molecule has 1 aromatic carbocycles. The van der Waals surface area contributed by atoms with Gasteiger partial charge in [-0.3, -0.25) is 4.79 Å². The van der Waals surface area contributed by atoms with E-state index in [2.05, 4.69) is 27.4 Å². The van der Waals surface area contributed by atoms with E-state index in [0.717, 1.165) is 25.0 Å². The highest BCUT2D eigenvalue weighted by atomic mass is 19.1.